The summed E-state index contributed by atoms with van der Waals surface area (Å²) in [6.07, 6.45) is 6.82. The molecular formula is C35H36N4O2SSi. The zero-order valence-electron chi connectivity index (χ0n) is 25.1. The van der Waals surface area contributed by atoms with Gasteiger partial charge in [-0.1, -0.05) is 104 Å². The fourth-order valence-electron chi connectivity index (χ4n) is 6.41. The van der Waals surface area contributed by atoms with Crippen LogP contribution in [-0.2, 0) is 9.54 Å². The molecule has 0 radical (unpaired) electrons. The summed E-state index contributed by atoms with van der Waals surface area (Å²) >= 11 is 1.71. The van der Waals surface area contributed by atoms with E-state index in [1.54, 1.807) is 40.9 Å². The van der Waals surface area contributed by atoms with Gasteiger partial charge in [-0.05, 0) is 37.5 Å². The number of Topliss-reactive ketones (excluding diaryl/α,β-unsaturated/α-hetero) is 1. The van der Waals surface area contributed by atoms with Crippen molar-refractivity contribution in [2.75, 3.05) is 0 Å². The number of rotatable bonds is 8. The lowest BCUT2D eigenvalue weighted by Gasteiger charge is -2.62. The van der Waals surface area contributed by atoms with E-state index in [1.165, 1.54) is 0 Å². The Labute approximate surface area is 258 Å². The number of imidazole rings is 1. The van der Waals surface area contributed by atoms with Crippen LogP contribution >= 0.6 is 11.8 Å². The van der Waals surface area contributed by atoms with E-state index in [4.69, 9.17) is 0 Å². The molecule has 2 atom stereocenters. The maximum Gasteiger partial charge on any atom is 0.237 e. The van der Waals surface area contributed by atoms with Gasteiger partial charge >= 0.3 is 0 Å². The molecule has 0 saturated carbocycles. The number of carbonyl (C=O) groups excluding carboxylic acids is 2. The van der Waals surface area contributed by atoms with Crippen molar-refractivity contribution in [2.24, 2.45) is 0 Å². The highest BCUT2D eigenvalue weighted by Gasteiger charge is 2.71. The van der Waals surface area contributed by atoms with Gasteiger partial charge in [0.25, 0.3) is 0 Å². The average molecular weight is 605 g/mol. The van der Waals surface area contributed by atoms with Crippen LogP contribution in [0, 0.1) is 0 Å². The molecule has 5 aromatic rings. The summed E-state index contributed by atoms with van der Waals surface area (Å²) in [7, 11) is -2.01. The number of hydrogen-bond acceptors (Lipinski definition) is 5. The van der Waals surface area contributed by atoms with Gasteiger partial charge in [0.15, 0.2) is 11.4 Å². The van der Waals surface area contributed by atoms with Crippen LogP contribution < -0.4 is 0 Å². The molecule has 3 heterocycles. The first-order chi connectivity index (χ1) is 20.6. The number of ketones is 1. The van der Waals surface area contributed by atoms with E-state index in [1.807, 2.05) is 23.1 Å². The number of hydrogen-bond donors (Lipinski definition) is 0. The summed E-state index contributed by atoms with van der Waals surface area (Å²) < 4.78 is 1.10. The Bertz CT molecular complexity index is 1640. The van der Waals surface area contributed by atoms with Crippen LogP contribution in [0.15, 0.2) is 116 Å². The summed E-state index contributed by atoms with van der Waals surface area (Å²) in [5.41, 5.74) is 3.68. The first kappa shape index (κ1) is 29.1. The van der Waals surface area contributed by atoms with Gasteiger partial charge in [0.1, 0.15) is 10.7 Å². The largest absolute Gasteiger partial charge is 0.324 e. The molecule has 1 aliphatic heterocycles. The third-order valence-corrected chi connectivity index (χ3v) is 13.3. The standard InChI is InChI=1S/C35H36N4O2SSi/c1-33(2,3)39-31(41)35(43(4)5,30(40)28-24-38-22-21-36-23-29(38)37-28)32(39)42-34(25-15-9-6-10-16-25,26-17-11-7-12-18-26)27-19-13-8-14-20-27/h6-24,32,43H,1-5H3. The van der Waals surface area contributed by atoms with Crippen molar-refractivity contribution in [1.82, 2.24) is 19.3 Å². The summed E-state index contributed by atoms with van der Waals surface area (Å²) in [5, 5.41) is -1.62. The van der Waals surface area contributed by atoms with Crippen molar-refractivity contribution in [3.63, 3.8) is 0 Å². The summed E-state index contributed by atoms with van der Waals surface area (Å²) in [5.74, 6) is -0.286. The second-order valence-corrected chi connectivity index (χ2v) is 16.9. The van der Waals surface area contributed by atoms with Crippen LogP contribution in [0.3, 0.4) is 0 Å². The topological polar surface area (TPSA) is 67.6 Å². The molecule has 8 heteroatoms. The van der Waals surface area contributed by atoms with Gasteiger partial charge in [-0.3, -0.25) is 14.6 Å². The number of carbonyl (C=O) groups is 2. The highest BCUT2D eigenvalue weighted by atomic mass is 32.2. The molecule has 0 bridgehead atoms. The predicted octanol–water partition coefficient (Wildman–Crippen LogP) is 6.83. The molecule has 6 nitrogen and oxygen atoms in total. The number of aromatic nitrogens is 3. The molecule has 43 heavy (non-hydrogen) atoms. The lowest BCUT2D eigenvalue weighted by atomic mass is 9.83. The van der Waals surface area contributed by atoms with Crippen molar-refractivity contribution in [3.8, 4) is 0 Å². The molecule has 1 fully saturated rings. The van der Waals surface area contributed by atoms with Crippen LogP contribution in [0.25, 0.3) is 5.65 Å². The third kappa shape index (κ3) is 4.55. The van der Waals surface area contributed by atoms with E-state index in [0.29, 0.717) is 11.3 Å². The highest BCUT2D eigenvalue weighted by Crippen LogP contribution is 2.63. The minimum Gasteiger partial charge on any atom is -0.324 e. The molecule has 3 aromatic carbocycles. The van der Waals surface area contributed by atoms with Crippen LogP contribution in [0.4, 0.5) is 0 Å². The van der Waals surface area contributed by atoms with E-state index in [2.05, 4.69) is 117 Å². The Morgan fingerprint density at radius 1 is 0.860 bits per heavy atom. The molecule has 2 aromatic heterocycles. The second kappa shape index (κ2) is 10.9. The maximum absolute atomic E-state index is 14.8. The molecule has 6 rings (SSSR count). The Morgan fingerprint density at radius 2 is 1.37 bits per heavy atom. The van der Waals surface area contributed by atoms with E-state index in [0.717, 1.165) is 16.7 Å². The molecule has 0 aliphatic carbocycles. The number of thioether (sulfide) groups is 1. The van der Waals surface area contributed by atoms with Crippen molar-refractivity contribution in [2.45, 2.75) is 54.6 Å². The molecule has 2 unspecified atom stereocenters. The van der Waals surface area contributed by atoms with Gasteiger partial charge in [-0.2, -0.15) is 0 Å². The number of benzene rings is 3. The van der Waals surface area contributed by atoms with E-state index < -0.39 is 29.5 Å². The lowest BCUT2D eigenvalue weighted by molar-refractivity contribution is -0.153. The summed E-state index contributed by atoms with van der Waals surface area (Å²) in [6, 6.07) is 31.3. The third-order valence-electron chi connectivity index (χ3n) is 8.53. The molecule has 0 N–H and O–H groups in total. The van der Waals surface area contributed by atoms with Gasteiger partial charge in [-0.25, -0.2) is 4.98 Å². The van der Waals surface area contributed by atoms with Crippen LogP contribution in [-0.4, -0.2) is 50.7 Å². The Hall–Kier alpha value is -4.01. The van der Waals surface area contributed by atoms with Gasteiger partial charge < -0.3 is 9.30 Å². The minimum atomic E-state index is -2.01. The van der Waals surface area contributed by atoms with E-state index in [9.17, 15) is 9.59 Å². The zero-order valence-corrected chi connectivity index (χ0v) is 27.1. The van der Waals surface area contributed by atoms with Crippen molar-refractivity contribution in [3.05, 3.63) is 138 Å². The Morgan fingerprint density at radius 3 is 1.81 bits per heavy atom. The van der Waals surface area contributed by atoms with Crippen molar-refractivity contribution >= 4 is 37.9 Å². The van der Waals surface area contributed by atoms with Crippen LogP contribution in [0.2, 0.25) is 18.1 Å². The predicted molar refractivity (Wildman–Crippen MR) is 176 cm³/mol. The number of nitrogens with zero attached hydrogens (tertiary/aromatic N) is 4. The first-order valence-electron chi connectivity index (χ1n) is 14.6. The van der Waals surface area contributed by atoms with Crippen molar-refractivity contribution in [1.29, 1.82) is 0 Å². The number of likely N-dealkylation sites (tertiary alicyclic amines) is 1. The first-order valence-corrected chi connectivity index (χ1v) is 18.4. The van der Waals surface area contributed by atoms with Crippen LogP contribution in [0.5, 0.6) is 0 Å². The van der Waals surface area contributed by atoms with Crippen molar-refractivity contribution < 1.29 is 9.59 Å². The molecule has 0 spiro atoms. The van der Waals surface area contributed by atoms with Gasteiger partial charge in [-0.15, -0.1) is 11.8 Å². The summed E-state index contributed by atoms with van der Waals surface area (Å²) in [4.78, 5) is 40.2. The van der Waals surface area contributed by atoms with Crippen LogP contribution in [0.1, 0.15) is 48.0 Å². The Kier molecular flexibility index (Phi) is 7.38. The normalized spacial score (nSPS) is 19.1. The molecule has 1 saturated heterocycles. The fraction of sp³-hybridized carbons (Fsp3) is 0.257. The zero-order chi connectivity index (χ0) is 30.4. The molecule has 1 amide bonds. The molecule has 218 valence electrons. The summed E-state index contributed by atoms with van der Waals surface area (Å²) in [6.45, 7) is 10.4. The van der Waals surface area contributed by atoms with E-state index in [-0.39, 0.29) is 11.7 Å². The number of β-lactam (4-membered cyclic amide) rings is 1. The number of fused-ring (bicyclic) bond motifs is 1. The van der Waals surface area contributed by atoms with Gasteiger partial charge in [0, 0.05) is 24.1 Å². The van der Waals surface area contributed by atoms with E-state index >= 15 is 0 Å². The monoisotopic (exact) mass is 604 g/mol. The molecular weight excluding hydrogens is 569 g/mol. The van der Waals surface area contributed by atoms with Gasteiger partial charge in [0.05, 0.1) is 25.1 Å². The molecule has 1 aliphatic rings. The van der Waals surface area contributed by atoms with Gasteiger partial charge in [0.2, 0.25) is 5.91 Å². The highest BCUT2D eigenvalue weighted by molar-refractivity contribution is 8.01. The second-order valence-electron chi connectivity index (χ2n) is 12.4. The quantitative estimate of drug-likeness (QED) is 0.0639. The SMILES string of the molecule is C[SiH](C)C1(C(=O)c2cn3ccncc3n2)C(=O)N(C(C)(C)C)C1SC(c1ccccc1)(c1ccccc1)c1ccccc1. The smallest absolute Gasteiger partial charge is 0.237 e. The maximum atomic E-state index is 14.8. The Balaban J connectivity index is 1.61. The lowest BCUT2D eigenvalue weighted by Crippen LogP contribution is -2.75. The minimum absolute atomic E-state index is 0.0950. The number of amides is 1. The fourth-order valence-corrected chi connectivity index (χ4v) is 11.5. The average Bonchev–Trinajstić information content (AvgIpc) is 3.44.